The van der Waals surface area contributed by atoms with Gasteiger partial charge in [0.15, 0.2) is 0 Å². The summed E-state index contributed by atoms with van der Waals surface area (Å²) < 4.78 is 0. The minimum Gasteiger partial charge on any atom is -0.349 e. The Morgan fingerprint density at radius 1 is 1.08 bits per heavy atom. The van der Waals surface area contributed by atoms with Gasteiger partial charge in [-0.3, -0.25) is 9.69 Å². The van der Waals surface area contributed by atoms with E-state index >= 15 is 0 Å². The maximum absolute atomic E-state index is 13.1. The van der Waals surface area contributed by atoms with Crippen molar-refractivity contribution >= 4 is 5.91 Å². The third kappa shape index (κ3) is 2.81. The topological polar surface area (TPSA) is 32.3 Å². The van der Waals surface area contributed by atoms with Gasteiger partial charge in [0.1, 0.15) is 0 Å². The van der Waals surface area contributed by atoms with Gasteiger partial charge in [0.05, 0.1) is 6.04 Å². The zero-order valence-electron chi connectivity index (χ0n) is 15.3. The summed E-state index contributed by atoms with van der Waals surface area (Å²) in [6.45, 7) is 4.00. The van der Waals surface area contributed by atoms with Gasteiger partial charge in [-0.15, -0.1) is 0 Å². The molecule has 1 aliphatic heterocycles. The minimum atomic E-state index is -0.0265. The van der Waals surface area contributed by atoms with Crippen molar-refractivity contribution in [1.82, 2.24) is 10.2 Å². The number of carbonyl (C=O) groups excluding carboxylic acids is 1. The highest BCUT2D eigenvalue weighted by Crippen LogP contribution is 2.55. The van der Waals surface area contributed by atoms with E-state index in [2.05, 4.69) is 41.4 Å². The fraction of sp³-hybridized carbons (Fsp3) is 0.682. The molecule has 1 amide bonds. The van der Waals surface area contributed by atoms with E-state index in [0.717, 1.165) is 37.3 Å². The lowest BCUT2D eigenvalue weighted by atomic mass is 9.53. The summed E-state index contributed by atoms with van der Waals surface area (Å²) in [6.07, 6.45) is 9.04. The Kier molecular flexibility index (Phi) is 3.70. The molecule has 1 heterocycles. The van der Waals surface area contributed by atoms with Crippen LogP contribution in [0.2, 0.25) is 0 Å². The number of hydrogen-bond acceptors (Lipinski definition) is 2. The molecule has 3 nitrogen and oxygen atoms in total. The van der Waals surface area contributed by atoms with Crippen LogP contribution < -0.4 is 5.32 Å². The normalized spacial score (nSPS) is 37.6. The first-order chi connectivity index (χ1) is 12.1. The number of hydrogen-bond donors (Lipinski definition) is 1. The minimum absolute atomic E-state index is 0.0265. The molecule has 6 rings (SSSR count). The van der Waals surface area contributed by atoms with Gasteiger partial charge in [0.25, 0.3) is 0 Å². The fourth-order valence-corrected chi connectivity index (χ4v) is 6.64. The number of benzene rings is 1. The second-order valence-corrected chi connectivity index (χ2v) is 9.35. The highest BCUT2D eigenvalue weighted by Gasteiger charge is 2.51. The molecule has 5 aliphatic rings. The summed E-state index contributed by atoms with van der Waals surface area (Å²) in [5, 5.41) is 3.56. The van der Waals surface area contributed by atoms with Crippen LogP contribution in [0.25, 0.3) is 0 Å². The Labute approximate surface area is 151 Å². The molecular weight excluding hydrogens is 308 g/mol. The average molecular weight is 338 g/mol. The lowest BCUT2D eigenvalue weighted by molar-refractivity contribution is -0.132. The lowest BCUT2D eigenvalue weighted by Gasteiger charge is -2.57. The van der Waals surface area contributed by atoms with Gasteiger partial charge in [0.2, 0.25) is 5.91 Å². The standard InChI is InChI=1S/C22H30N2O/c1-15(24-7-6-19-4-2-3-5-20(19)14-24)21(25)23-22-11-16-8-17(12-22)10-18(9-16)13-22/h2-5,15-18H,6-14H2,1H3,(H,23,25). The van der Waals surface area contributed by atoms with Crippen molar-refractivity contribution in [2.75, 3.05) is 6.54 Å². The molecule has 0 saturated heterocycles. The van der Waals surface area contributed by atoms with E-state index in [1.807, 2.05) is 0 Å². The smallest absolute Gasteiger partial charge is 0.237 e. The first-order valence-corrected chi connectivity index (χ1v) is 10.2. The zero-order chi connectivity index (χ0) is 17.0. The number of carbonyl (C=O) groups is 1. The number of nitrogens with one attached hydrogen (secondary N) is 1. The van der Waals surface area contributed by atoms with E-state index in [1.54, 1.807) is 0 Å². The summed E-state index contributed by atoms with van der Waals surface area (Å²) in [5.41, 5.74) is 2.98. The predicted octanol–water partition coefficient (Wildman–Crippen LogP) is 3.52. The molecule has 1 aromatic carbocycles. The summed E-state index contributed by atoms with van der Waals surface area (Å²) in [5.74, 6) is 2.90. The van der Waals surface area contributed by atoms with Crippen LogP contribution in [0.3, 0.4) is 0 Å². The Morgan fingerprint density at radius 2 is 1.68 bits per heavy atom. The van der Waals surface area contributed by atoms with Crippen LogP contribution in [0.15, 0.2) is 24.3 Å². The van der Waals surface area contributed by atoms with Crippen molar-refractivity contribution in [3.8, 4) is 0 Å². The van der Waals surface area contributed by atoms with Crippen molar-refractivity contribution in [2.24, 2.45) is 17.8 Å². The number of rotatable bonds is 3. The average Bonchev–Trinajstić information content (AvgIpc) is 2.59. The fourth-order valence-electron chi connectivity index (χ4n) is 6.64. The molecule has 1 unspecified atom stereocenters. The summed E-state index contributed by atoms with van der Waals surface area (Å²) >= 11 is 0. The van der Waals surface area contributed by atoms with E-state index in [4.69, 9.17) is 0 Å². The number of fused-ring (bicyclic) bond motifs is 1. The van der Waals surface area contributed by atoms with Crippen molar-refractivity contribution in [1.29, 1.82) is 0 Å². The van der Waals surface area contributed by atoms with Crippen molar-refractivity contribution in [3.05, 3.63) is 35.4 Å². The quantitative estimate of drug-likeness (QED) is 0.914. The van der Waals surface area contributed by atoms with Crippen LogP contribution in [0, 0.1) is 17.8 Å². The molecule has 0 radical (unpaired) electrons. The zero-order valence-corrected chi connectivity index (χ0v) is 15.3. The van der Waals surface area contributed by atoms with Crippen molar-refractivity contribution < 1.29 is 4.79 Å². The van der Waals surface area contributed by atoms with Gasteiger partial charge in [-0.1, -0.05) is 24.3 Å². The molecular formula is C22H30N2O. The van der Waals surface area contributed by atoms with E-state index in [0.29, 0.717) is 0 Å². The highest BCUT2D eigenvalue weighted by molar-refractivity contribution is 5.82. The van der Waals surface area contributed by atoms with Gasteiger partial charge < -0.3 is 5.32 Å². The second-order valence-electron chi connectivity index (χ2n) is 9.35. The van der Waals surface area contributed by atoms with Crippen LogP contribution in [0.5, 0.6) is 0 Å². The van der Waals surface area contributed by atoms with Crippen LogP contribution >= 0.6 is 0 Å². The van der Waals surface area contributed by atoms with E-state index < -0.39 is 0 Å². The van der Waals surface area contributed by atoms with Gasteiger partial charge in [-0.25, -0.2) is 0 Å². The maximum Gasteiger partial charge on any atom is 0.237 e. The van der Waals surface area contributed by atoms with Crippen LogP contribution in [0.1, 0.15) is 56.6 Å². The monoisotopic (exact) mass is 338 g/mol. The van der Waals surface area contributed by atoms with Crippen molar-refractivity contribution in [2.45, 2.75) is 70.0 Å². The molecule has 1 atom stereocenters. The van der Waals surface area contributed by atoms with E-state index in [-0.39, 0.29) is 17.5 Å². The molecule has 3 heteroatoms. The molecule has 4 saturated carbocycles. The van der Waals surface area contributed by atoms with E-state index in [1.165, 1.54) is 49.7 Å². The first-order valence-electron chi connectivity index (χ1n) is 10.2. The van der Waals surface area contributed by atoms with Crippen molar-refractivity contribution in [3.63, 3.8) is 0 Å². The molecule has 0 aromatic heterocycles. The SMILES string of the molecule is CC(C(=O)NC12CC3CC(CC(C3)C1)C2)N1CCc2ccccc2C1. The Morgan fingerprint density at radius 3 is 2.32 bits per heavy atom. The number of amides is 1. The number of nitrogens with zero attached hydrogens (tertiary/aromatic N) is 1. The Balaban J connectivity index is 1.27. The molecule has 25 heavy (non-hydrogen) atoms. The van der Waals surface area contributed by atoms with E-state index in [9.17, 15) is 4.79 Å². The third-order valence-electron chi connectivity index (χ3n) is 7.51. The third-order valence-corrected chi connectivity index (χ3v) is 7.51. The highest BCUT2D eigenvalue weighted by atomic mass is 16.2. The lowest BCUT2D eigenvalue weighted by Crippen LogP contribution is -2.62. The summed E-state index contributed by atoms with van der Waals surface area (Å²) in [7, 11) is 0. The molecule has 4 fully saturated rings. The van der Waals surface area contributed by atoms with Gasteiger partial charge >= 0.3 is 0 Å². The largest absolute Gasteiger partial charge is 0.349 e. The van der Waals surface area contributed by atoms with Gasteiger partial charge in [-0.05, 0) is 80.8 Å². The molecule has 1 N–H and O–H groups in total. The second kappa shape index (κ2) is 5.84. The first kappa shape index (κ1) is 15.9. The molecule has 0 spiro atoms. The maximum atomic E-state index is 13.1. The molecule has 134 valence electrons. The van der Waals surface area contributed by atoms with Gasteiger partial charge in [0, 0.05) is 18.6 Å². The molecule has 4 bridgehead atoms. The molecule has 4 aliphatic carbocycles. The van der Waals surface area contributed by atoms with Crippen LogP contribution in [-0.4, -0.2) is 28.9 Å². The van der Waals surface area contributed by atoms with Crippen LogP contribution in [-0.2, 0) is 17.8 Å². The molecule has 1 aromatic rings. The summed E-state index contributed by atoms with van der Waals surface area (Å²) in [4.78, 5) is 15.4. The Bertz CT molecular complexity index is 647. The Hall–Kier alpha value is -1.35. The van der Waals surface area contributed by atoms with Crippen LogP contribution in [0.4, 0.5) is 0 Å². The summed E-state index contributed by atoms with van der Waals surface area (Å²) in [6, 6.07) is 8.65. The predicted molar refractivity (Wildman–Crippen MR) is 99.1 cm³/mol. The van der Waals surface area contributed by atoms with Gasteiger partial charge in [-0.2, -0.15) is 0 Å².